The van der Waals surface area contributed by atoms with Crippen molar-refractivity contribution < 1.29 is 4.74 Å². The Kier molecular flexibility index (Phi) is 20.1. The first-order chi connectivity index (χ1) is 6.41. The smallest absolute Gasteiger partial charge is 0.0466 e. The van der Waals surface area contributed by atoms with E-state index >= 15 is 0 Å². The van der Waals surface area contributed by atoms with Crippen LogP contribution in [-0.2, 0) is 4.74 Å². The molecule has 0 aliphatic rings. The van der Waals surface area contributed by atoms with E-state index in [9.17, 15) is 0 Å². The molecule has 0 rings (SSSR count). The summed E-state index contributed by atoms with van der Waals surface area (Å²) in [5.41, 5.74) is 0. The summed E-state index contributed by atoms with van der Waals surface area (Å²) in [6, 6.07) is 0. The molecule has 0 saturated carbocycles. The van der Waals surface area contributed by atoms with Gasteiger partial charge >= 0.3 is 0 Å². The Hall–Kier alpha value is -0.550. The molecule has 0 amide bonds. The zero-order chi connectivity index (χ0) is 10.4. The van der Waals surface area contributed by atoms with Crippen LogP contribution >= 0.6 is 0 Å². The second kappa shape index (κ2) is 17.5. The van der Waals surface area contributed by atoms with Crippen LogP contribution < -0.4 is 0 Å². The number of nitrogens with zero attached hydrogens (tertiary/aromatic N) is 1. The molecule has 0 saturated heterocycles. The van der Waals surface area contributed by atoms with Gasteiger partial charge in [-0.2, -0.15) is 0 Å². The summed E-state index contributed by atoms with van der Waals surface area (Å²) >= 11 is 0. The fourth-order valence-electron chi connectivity index (χ4n) is 1.01. The van der Waals surface area contributed by atoms with Crippen LogP contribution in [0.25, 0.3) is 0 Å². The second-order valence-corrected chi connectivity index (χ2v) is 3.03. The van der Waals surface area contributed by atoms with Gasteiger partial charge in [0.05, 0.1) is 0 Å². The molecule has 0 aromatic heterocycles. The quantitative estimate of drug-likeness (QED) is 0.542. The van der Waals surface area contributed by atoms with Crippen LogP contribution in [0.15, 0.2) is 0 Å². The Morgan fingerprint density at radius 2 is 1.23 bits per heavy atom. The van der Waals surface area contributed by atoms with Crippen molar-refractivity contribution in [2.45, 2.75) is 52.4 Å². The summed E-state index contributed by atoms with van der Waals surface area (Å²) in [6.07, 6.45) is 7.68. The van der Waals surface area contributed by atoms with E-state index in [1.54, 1.807) is 0 Å². The van der Waals surface area contributed by atoms with Gasteiger partial charge in [-0.1, -0.05) is 39.5 Å². The van der Waals surface area contributed by atoms with Crippen molar-refractivity contribution in [3.05, 3.63) is 0 Å². The highest BCUT2D eigenvalue weighted by Gasteiger charge is 1.88. The van der Waals surface area contributed by atoms with Gasteiger partial charge in [0.15, 0.2) is 0 Å². The minimum Gasteiger partial charge on any atom is -0.381 e. The lowest BCUT2D eigenvalue weighted by atomic mass is 10.2. The number of hydrogen-bond donors (Lipinski definition) is 0. The molecule has 0 aromatic carbocycles. The van der Waals surface area contributed by atoms with Gasteiger partial charge < -0.3 is 4.74 Å². The fourth-order valence-corrected chi connectivity index (χ4v) is 1.01. The molecular weight excluding hydrogens is 162 g/mol. The summed E-state index contributed by atoms with van der Waals surface area (Å²) in [4.78, 5) is 0. The first kappa shape index (κ1) is 14.9. The van der Waals surface area contributed by atoms with Crippen molar-refractivity contribution in [2.24, 2.45) is 0 Å². The Bertz CT molecular complexity index is 83.3. The predicted molar refractivity (Wildman–Crippen MR) is 56.5 cm³/mol. The second-order valence-electron chi connectivity index (χ2n) is 3.03. The zero-order valence-corrected chi connectivity index (χ0v) is 9.09. The number of hydrogen-bond acceptors (Lipinski definition) is 2. The average Bonchev–Trinajstić information content (AvgIpc) is 2.20. The maximum atomic E-state index is 6.50. The zero-order valence-electron chi connectivity index (χ0n) is 9.09. The third-order valence-electron chi connectivity index (χ3n) is 1.78. The molecule has 0 unspecified atom stereocenters. The standard InChI is InChI=1S/C10H22O.CHN/c1-3-5-7-9-11-10-8-6-4-2;1-2/h3-10H2,1-2H3;1H. The van der Waals surface area contributed by atoms with Crippen molar-refractivity contribution in [1.29, 1.82) is 5.26 Å². The Morgan fingerprint density at radius 3 is 1.54 bits per heavy atom. The maximum Gasteiger partial charge on any atom is 0.0466 e. The normalized spacial score (nSPS) is 8.92. The minimum absolute atomic E-state index is 0.970. The van der Waals surface area contributed by atoms with Gasteiger partial charge in [0.25, 0.3) is 0 Å². The monoisotopic (exact) mass is 185 g/mol. The Balaban J connectivity index is 0. The van der Waals surface area contributed by atoms with Crippen LogP contribution in [0, 0.1) is 11.8 Å². The van der Waals surface area contributed by atoms with E-state index in [-0.39, 0.29) is 0 Å². The third-order valence-corrected chi connectivity index (χ3v) is 1.78. The first-order valence-corrected chi connectivity index (χ1v) is 5.25. The van der Waals surface area contributed by atoms with Gasteiger partial charge in [0.2, 0.25) is 0 Å². The highest BCUT2D eigenvalue weighted by molar-refractivity contribution is 4.38. The van der Waals surface area contributed by atoms with Gasteiger partial charge in [-0.25, -0.2) is 5.26 Å². The Labute approximate surface area is 82.9 Å². The van der Waals surface area contributed by atoms with Gasteiger partial charge in [-0.15, -0.1) is 0 Å². The lowest BCUT2D eigenvalue weighted by Crippen LogP contribution is -1.96. The molecule has 0 spiro atoms. The largest absolute Gasteiger partial charge is 0.381 e. The SMILES string of the molecule is C#N.CCCCCOCCCCC. The van der Waals surface area contributed by atoms with E-state index in [0.29, 0.717) is 0 Å². The molecule has 2 heteroatoms. The van der Waals surface area contributed by atoms with Gasteiger partial charge in [0.1, 0.15) is 0 Å². The van der Waals surface area contributed by atoms with E-state index in [1.165, 1.54) is 38.5 Å². The van der Waals surface area contributed by atoms with Crippen molar-refractivity contribution in [1.82, 2.24) is 0 Å². The molecule has 0 aliphatic heterocycles. The highest BCUT2D eigenvalue weighted by atomic mass is 16.5. The van der Waals surface area contributed by atoms with E-state index in [4.69, 9.17) is 10.00 Å². The maximum absolute atomic E-state index is 6.50. The van der Waals surface area contributed by atoms with Crippen molar-refractivity contribution in [3.8, 4) is 6.57 Å². The molecule has 2 nitrogen and oxygen atoms in total. The average molecular weight is 185 g/mol. The summed E-state index contributed by atoms with van der Waals surface area (Å²) in [5, 5.41) is 6.50. The van der Waals surface area contributed by atoms with Crippen LogP contribution in [0.2, 0.25) is 0 Å². The van der Waals surface area contributed by atoms with E-state index in [0.717, 1.165) is 13.2 Å². The van der Waals surface area contributed by atoms with Crippen LogP contribution in [0.3, 0.4) is 0 Å². The number of ether oxygens (including phenoxy) is 1. The molecule has 0 radical (unpaired) electrons. The van der Waals surface area contributed by atoms with Crippen molar-refractivity contribution >= 4 is 0 Å². The summed E-state index contributed by atoms with van der Waals surface area (Å²) < 4.78 is 5.44. The molecule has 0 aliphatic carbocycles. The molecule has 0 aromatic rings. The summed E-state index contributed by atoms with van der Waals surface area (Å²) in [7, 11) is 0. The Morgan fingerprint density at radius 1 is 0.846 bits per heavy atom. The van der Waals surface area contributed by atoms with Crippen LogP contribution in [-0.4, -0.2) is 13.2 Å². The summed E-state index contributed by atoms with van der Waals surface area (Å²) in [5.74, 6) is 0. The fraction of sp³-hybridized carbons (Fsp3) is 0.909. The molecule has 0 fully saturated rings. The molecule has 0 heterocycles. The van der Waals surface area contributed by atoms with Gasteiger partial charge in [0, 0.05) is 19.8 Å². The number of nitriles is 1. The molecule has 0 bridgehead atoms. The third kappa shape index (κ3) is 18.4. The summed E-state index contributed by atoms with van der Waals surface area (Å²) in [6.45, 7) is 9.88. The van der Waals surface area contributed by atoms with E-state index in [1.807, 2.05) is 0 Å². The molecule has 13 heavy (non-hydrogen) atoms. The van der Waals surface area contributed by atoms with Gasteiger partial charge in [-0.05, 0) is 12.8 Å². The number of rotatable bonds is 8. The minimum atomic E-state index is 0.970. The van der Waals surface area contributed by atoms with Crippen LogP contribution in [0.5, 0.6) is 0 Å². The lowest BCUT2D eigenvalue weighted by molar-refractivity contribution is 0.126. The molecular formula is C11H23NO. The molecule has 0 atom stereocenters. The van der Waals surface area contributed by atoms with E-state index in [2.05, 4.69) is 20.4 Å². The van der Waals surface area contributed by atoms with Crippen LogP contribution in [0.1, 0.15) is 52.4 Å². The van der Waals surface area contributed by atoms with Gasteiger partial charge in [-0.3, -0.25) is 0 Å². The predicted octanol–water partition coefficient (Wildman–Crippen LogP) is 3.52. The molecule has 78 valence electrons. The lowest BCUT2D eigenvalue weighted by Gasteiger charge is -2.01. The van der Waals surface area contributed by atoms with E-state index < -0.39 is 0 Å². The van der Waals surface area contributed by atoms with Crippen molar-refractivity contribution in [2.75, 3.05) is 13.2 Å². The number of unbranched alkanes of at least 4 members (excludes halogenated alkanes) is 4. The first-order valence-electron chi connectivity index (χ1n) is 5.25. The molecule has 0 N–H and O–H groups in total. The van der Waals surface area contributed by atoms with Crippen LogP contribution in [0.4, 0.5) is 0 Å². The van der Waals surface area contributed by atoms with Crippen molar-refractivity contribution in [3.63, 3.8) is 0 Å². The topological polar surface area (TPSA) is 33.0 Å². The highest BCUT2D eigenvalue weighted by Crippen LogP contribution is 1.97.